The van der Waals surface area contributed by atoms with Gasteiger partial charge >= 0.3 is 0 Å². The summed E-state index contributed by atoms with van der Waals surface area (Å²) in [6, 6.07) is 10.3. The lowest BCUT2D eigenvalue weighted by Gasteiger charge is -2.35. The molecule has 1 amide bonds. The van der Waals surface area contributed by atoms with Crippen LogP contribution in [-0.4, -0.2) is 33.2 Å². The molecule has 2 heterocycles. The molecular formula is C19H25N3O. The minimum absolute atomic E-state index is 0.163. The van der Waals surface area contributed by atoms with Crippen molar-refractivity contribution < 1.29 is 4.79 Å². The standard InChI is InChI=1S/C19H25N3O/c1-4-17-7-5-6-12-21(17)19(23)16-8-10-18(11-9-16)22-15(3)13-14(2)20-22/h8-11,13,17H,4-7,12H2,1-3H3/t17-/m1/s1. The van der Waals surface area contributed by atoms with E-state index in [0.717, 1.165) is 48.4 Å². The van der Waals surface area contributed by atoms with Crippen molar-refractivity contribution in [3.8, 4) is 5.69 Å². The Morgan fingerprint density at radius 2 is 1.96 bits per heavy atom. The van der Waals surface area contributed by atoms with Crippen molar-refractivity contribution in [2.75, 3.05) is 6.54 Å². The summed E-state index contributed by atoms with van der Waals surface area (Å²) in [5, 5.41) is 4.49. The Bertz CT molecular complexity index is 687. The largest absolute Gasteiger partial charge is 0.336 e. The molecule has 0 saturated carbocycles. The molecular weight excluding hydrogens is 286 g/mol. The van der Waals surface area contributed by atoms with Gasteiger partial charge in [0.2, 0.25) is 0 Å². The third kappa shape index (κ3) is 3.16. The smallest absolute Gasteiger partial charge is 0.254 e. The van der Waals surface area contributed by atoms with Gasteiger partial charge in [0.25, 0.3) is 5.91 Å². The molecule has 3 rings (SSSR count). The van der Waals surface area contributed by atoms with Crippen molar-refractivity contribution in [2.24, 2.45) is 0 Å². The van der Waals surface area contributed by atoms with E-state index >= 15 is 0 Å². The van der Waals surface area contributed by atoms with Gasteiger partial charge in [-0.15, -0.1) is 0 Å². The summed E-state index contributed by atoms with van der Waals surface area (Å²) >= 11 is 0. The van der Waals surface area contributed by atoms with Crippen LogP contribution in [0.15, 0.2) is 30.3 Å². The van der Waals surface area contributed by atoms with Crippen molar-refractivity contribution >= 4 is 5.91 Å². The molecule has 1 aromatic heterocycles. The summed E-state index contributed by atoms with van der Waals surface area (Å²) in [4.78, 5) is 14.8. The number of rotatable bonds is 3. The first kappa shape index (κ1) is 15.8. The molecule has 1 aliphatic heterocycles. The molecule has 0 bridgehead atoms. The molecule has 0 aliphatic carbocycles. The second kappa shape index (κ2) is 6.57. The Kier molecular flexibility index (Phi) is 4.51. The van der Waals surface area contributed by atoms with Crippen LogP contribution in [0.25, 0.3) is 5.69 Å². The minimum Gasteiger partial charge on any atom is -0.336 e. The first-order chi connectivity index (χ1) is 11.1. The van der Waals surface area contributed by atoms with Crippen LogP contribution in [0.2, 0.25) is 0 Å². The molecule has 1 aliphatic rings. The highest BCUT2D eigenvalue weighted by Gasteiger charge is 2.26. The zero-order valence-corrected chi connectivity index (χ0v) is 14.2. The number of amides is 1. The molecule has 1 atom stereocenters. The second-order valence-electron chi connectivity index (χ2n) is 6.44. The van der Waals surface area contributed by atoms with Gasteiger partial charge < -0.3 is 4.90 Å². The number of hydrogen-bond acceptors (Lipinski definition) is 2. The highest BCUT2D eigenvalue weighted by Crippen LogP contribution is 2.22. The first-order valence-electron chi connectivity index (χ1n) is 8.55. The van der Waals surface area contributed by atoms with Crippen LogP contribution in [0.1, 0.15) is 54.4 Å². The zero-order chi connectivity index (χ0) is 16.4. The van der Waals surface area contributed by atoms with Gasteiger partial charge in [0.05, 0.1) is 11.4 Å². The summed E-state index contributed by atoms with van der Waals surface area (Å²) in [6.45, 7) is 7.08. The van der Waals surface area contributed by atoms with E-state index in [0.29, 0.717) is 6.04 Å². The van der Waals surface area contributed by atoms with Crippen molar-refractivity contribution in [2.45, 2.75) is 52.5 Å². The molecule has 0 unspecified atom stereocenters. The molecule has 1 saturated heterocycles. The number of carbonyl (C=O) groups is 1. The van der Waals surface area contributed by atoms with Crippen LogP contribution in [-0.2, 0) is 0 Å². The van der Waals surface area contributed by atoms with Crippen LogP contribution in [0.5, 0.6) is 0 Å². The van der Waals surface area contributed by atoms with E-state index < -0.39 is 0 Å². The van der Waals surface area contributed by atoms with E-state index in [1.54, 1.807) is 0 Å². The maximum atomic E-state index is 12.8. The summed E-state index contributed by atoms with van der Waals surface area (Å²) in [6.07, 6.45) is 4.52. The monoisotopic (exact) mass is 311 g/mol. The van der Waals surface area contributed by atoms with Crippen LogP contribution in [0.4, 0.5) is 0 Å². The maximum Gasteiger partial charge on any atom is 0.254 e. The Morgan fingerprint density at radius 3 is 2.57 bits per heavy atom. The van der Waals surface area contributed by atoms with E-state index in [9.17, 15) is 4.79 Å². The van der Waals surface area contributed by atoms with Crippen molar-refractivity contribution in [1.29, 1.82) is 0 Å². The SMILES string of the molecule is CC[C@@H]1CCCCN1C(=O)c1ccc(-n2nc(C)cc2C)cc1. The molecule has 0 N–H and O–H groups in total. The minimum atomic E-state index is 0.163. The van der Waals surface area contributed by atoms with Crippen LogP contribution in [0.3, 0.4) is 0 Å². The predicted molar refractivity (Wildman–Crippen MR) is 92.0 cm³/mol. The number of aromatic nitrogens is 2. The molecule has 122 valence electrons. The van der Waals surface area contributed by atoms with Gasteiger partial charge in [-0.25, -0.2) is 4.68 Å². The van der Waals surface area contributed by atoms with Gasteiger partial charge in [0, 0.05) is 23.8 Å². The fourth-order valence-electron chi connectivity index (χ4n) is 3.49. The fourth-order valence-corrected chi connectivity index (χ4v) is 3.49. The molecule has 0 spiro atoms. The van der Waals surface area contributed by atoms with Gasteiger partial charge in [-0.2, -0.15) is 5.10 Å². The first-order valence-corrected chi connectivity index (χ1v) is 8.55. The number of aryl methyl sites for hydroxylation is 2. The molecule has 4 nitrogen and oxygen atoms in total. The number of carbonyl (C=O) groups excluding carboxylic acids is 1. The van der Waals surface area contributed by atoms with Gasteiger partial charge in [-0.05, 0) is 69.9 Å². The highest BCUT2D eigenvalue weighted by molar-refractivity contribution is 5.94. The van der Waals surface area contributed by atoms with Crippen LogP contribution >= 0.6 is 0 Å². The number of likely N-dealkylation sites (tertiary alicyclic amines) is 1. The fraction of sp³-hybridized carbons (Fsp3) is 0.474. The number of piperidine rings is 1. The van der Waals surface area contributed by atoms with E-state index in [1.165, 1.54) is 6.42 Å². The highest BCUT2D eigenvalue weighted by atomic mass is 16.2. The van der Waals surface area contributed by atoms with Gasteiger partial charge in [-0.1, -0.05) is 6.92 Å². The number of hydrogen-bond donors (Lipinski definition) is 0. The number of benzene rings is 1. The lowest BCUT2D eigenvalue weighted by atomic mass is 9.99. The molecule has 4 heteroatoms. The van der Waals surface area contributed by atoms with Crippen molar-refractivity contribution in [3.05, 3.63) is 47.3 Å². The third-order valence-electron chi connectivity index (χ3n) is 4.73. The maximum absolute atomic E-state index is 12.8. The molecule has 23 heavy (non-hydrogen) atoms. The van der Waals surface area contributed by atoms with E-state index in [-0.39, 0.29) is 5.91 Å². The van der Waals surface area contributed by atoms with Crippen molar-refractivity contribution in [1.82, 2.24) is 14.7 Å². The Balaban J connectivity index is 1.81. The van der Waals surface area contributed by atoms with E-state index in [2.05, 4.69) is 23.0 Å². The summed E-state index contributed by atoms with van der Waals surface area (Å²) in [7, 11) is 0. The summed E-state index contributed by atoms with van der Waals surface area (Å²) < 4.78 is 1.92. The van der Waals surface area contributed by atoms with Gasteiger partial charge in [0.1, 0.15) is 0 Å². The quantitative estimate of drug-likeness (QED) is 0.862. The molecule has 2 aromatic rings. The van der Waals surface area contributed by atoms with Crippen LogP contribution < -0.4 is 0 Å². The predicted octanol–water partition coefficient (Wildman–Crippen LogP) is 3.89. The Labute approximate surface area is 138 Å². The Hall–Kier alpha value is -2.10. The van der Waals surface area contributed by atoms with Crippen molar-refractivity contribution in [3.63, 3.8) is 0 Å². The molecule has 1 fully saturated rings. The van der Waals surface area contributed by atoms with Gasteiger partial charge in [-0.3, -0.25) is 4.79 Å². The topological polar surface area (TPSA) is 38.1 Å². The van der Waals surface area contributed by atoms with Crippen LogP contribution in [0, 0.1) is 13.8 Å². The lowest BCUT2D eigenvalue weighted by molar-refractivity contribution is 0.0608. The molecule has 1 aromatic carbocycles. The normalized spacial score (nSPS) is 18.2. The summed E-state index contributed by atoms with van der Waals surface area (Å²) in [5.74, 6) is 0.163. The number of nitrogens with zero attached hydrogens (tertiary/aromatic N) is 3. The molecule has 0 radical (unpaired) electrons. The van der Waals surface area contributed by atoms with E-state index in [1.807, 2.05) is 42.8 Å². The second-order valence-corrected chi connectivity index (χ2v) is 6.44. The zero-order valence-electron chi connectivity index (χ0n) is 14.2. The average Bonchev–Trinajstić information content (AvgIpc) is 2.92. The Morgan fingerprint density at radius 1 is 1.22 bits per heavy atom. The third-order valence-corrected chi connectivity index (χ3v) is 4.73. The van der Waals surface area contributed by atoms with E-state index in [4.69, 9.17) is 0 Å². The van der Waals surface area contributed by atoms with Gasteiger partial charge in [0.15, 0.2) is 0 Å². The lowest BCUT2D eigenvalue weighted by Crippen LogP contribution is -2.43. The summed E-state index contributed by atoms with van der Waals surface area (Å²) in [5.41, 5.74) is 3.87. The average molecular weight is 311 g/mol.